The molecular weight excluding hydrogens is 450 g/mol. The molecule has 1 saturated carbocycles. The highest BCUT2D eigenvalue weighted by atomic mass is 17.1. The first-order valence-electron chi connectivity index (χ1n) is 14.6. The highest BCUT2D eigenvalue weighted by molar-refractivity contribution is 5.87. The molecular formula is C29H47N5O2. The lowest BCUT2D eigenvalue weighted by Gasteiger charge is -2.39. The van der Waals surface area contributed by atoms with E-state index in [0.717, 1.165) is 50.0 Å². The molecule has 0 aromatic heterocycles. The van der Waals surface area contributed by atoms with Gasteiger partial charge in [0.25, 0.3) is 0 Å². The van der Waals surface area contributed by atoms with Crippen LogP contribution in [0.25, 0.3) is 0 Å². The zero-order chi connectivity index (χ0) is 24.9. The largest absolute Gasteiger partial charge is 0.397 e. The molecule has 1 aromatic carbocycles. The Morgan fingerprint density at radius 3 is 2.25 bits per heavy atom. The number of para-hydroxylation sites is 2. The number of nitrogen functional groups attached to an aromatic ring is 1. The summed E-state index contributed by atoms with van der Waals surface area (Å²) in [7, 11) is 0. The van der Waals surface area contributed by atoms with Crippen molar-refractivity contribution in [2.45, 2.75) is 83.4 Å². The van der Waals surface area contributed by atoms with Crippen LogP contribution in [-0.2, 0) is 4.89 Å². The lowest BCUT2D eigenvalue weighted by Crippen LogP contribution is -2.43. The van der Waals surface area contributed by atoms with Gasteiger partial charge in [0.1, 0.15) is 12.1 Å². The topological polar surface area (TPSA) is 77.6 Å². The van der Waals surface area contributed by atoms with Gasteiger partial charge in [-0.3, -0.25) is 10.2 Å². The molecule has 0 bridgehead atoms. The maximum atomic E-state index is 9.11. The smallest absolute Gasteiger partial charge is 0.143 e. The van der Waals surface area contributed by atoms with Crippen LogP contribution in [0.4, 0.5) is 11.4 Å². The summed E-state index contributed by atoms with van der Waals surface area (Å²) in [4.78, 5) is 17.4. The van der Waals surface area contributed by atoms with Gasteiger partial charge >= 0.3 is 0 Å². The van der Waals surface area contributed by atoms with Crippen LogP contribution in [-0.4, -0.2) is 77.3 Å². The van der Waals surface area contributed by atoms with E-state index in [1.54, 1.807) is 0 Å². The summed E-state index contributed by atoms with van der Waals surface area (Å²) in [5.74, 6) is 3.12. The van der Waals surface area contributed by atoms with Gasteiger partial charge in [-0.25, -0.2) is 9.88 Å². The molecule has 3 aliphatic heterocycles. The third kappa shape index (κ3) is 6.24. The fraction of sp³-hybridized carbons (Fsp3) is 0.759. The lowest BCUT2D eigenvalue weighted by molar-refractivity contribution is -0.306. The van der Waals surface area contributed by atoms with Crippen molar-refractivity contribution in [3.63, 3.8) is 0 Å². The van der Waals surface area contributed by atoms with E-state index in [9.17, 15) is 0 Å². The van der Waals surface area contributed by atoms with Gasteiger partial charge in [-0.05, 0) is 75.6 Å². The summed E-state index contributed by atoms with van der Waals surface area (Å²) in [6.07, 6.45) is 13.3. The standard InChI is InChI=1S/C29H47N5O2/c1-22(36-35)33-18-24-20-34(21-25(24)19-33)29(31-28-12-8-7-11-27(28)30)17-23-13-15-32(16-14-23)26-9-5-3-2-4-6-10-26/h7-8,11-12,22-26,35H,2-6,9-10,13-21,30H2,1H3/b31-29+. The Kier molecular flexibility index (Phi) is 8.83. The molecule has 5 rings (SSSR count). The Hall–Kier alpha value is -1.67. The van der Waals surface area contributed by atoms with E-state index in [2.05, 4.69) is 19.6 Å². The molecule has 3 unspecified atom stereocenters. The first-order chi connectivity index (χ1) is 17.6. The number of rotatable bonds is 6. The van der Waals surface area contributed by atoms with E-state index in [-0.39, 0.29) is 6.23 Å². The Morgan fingerprint density at radius 2 is 1.61 bits per heavy atom. The van der Waals surface area contributed by atoms with E-state index in [1.165, 1.54) is 76.7 Å². The molecule has 0 amide bonds. The van der Waals surface area contributed by atoms with Crippen LogP contribution >= 0.6 is 0 Å². The summed E-state index contributed by atoms with van der Waals surface area (Å²) >= 11 is 0. The summed E-state index contributed by atoms with van der Waals surface area (Å²) in [5.41, 5.74) is 7.97. The van der Waals surface area contributed by atoms with Gasteiger partial charge < -0.3 is 15.5 Å². The van der Waals surface area contributed by atoms with Gasteiger partial charge in [-0.1, -0.05) is 44.2 Å². The predicted molar refractivity (Wildman–Crippen MR) is 146 cm³/mol. The molecule has 0 radical (unpaired) electrons. The lowest BCUT2D eigenvalue weighted by atomic mass is 9.89. The van der Waals surface area contributed by atoms with Crippen LogP contribution < -0.4 is 5.73 Å². The average molecular weight is 498 g/mol. The quantitative estimate of drug-likeness (QED) is 0.185. The number of fused-ring (bicyclic) bond motifs is 1. The molecule has 3 saturated heterocycles. The van der Waals surface area contributed by atoms with E-state index < -0.39 is 0 Å². The molecule has 3 atom stereocenters. The second-order valence-electron chi connectivity index (χ2n) is 11.9. The van der Waals surface area contributed by atoms with Gasteiger partial charge in [-0.2, -0.15) is 0 Å². The second kappa shape index (κ2) is 12.2. The molecule has 3 heterocycles. The van der Waals surface area contributed by atoms with Crippen molar-refractivity contribution in [1.82, 2.24) is 14.7 Å². The molecule has 0 spiro atoms. The van der Waals surface area contributed by atoms with Crippen LogP contribution in [0.3, 0.4) is 0 Å². The van der Waals surface area contributed by atoms with Crippen molar-refractivity contribution in [2.24, 2.45) is 22.7 Å². The van der Waals surface area contributed by atoms with Crippen molar-refractivity contribution in [1.29, 1.82) is 0 Å². The number of likely N-dealkylation sites (tertiary alicyclic amines) is 3. The molecule has 7 nitrogen and oxygen atoms in total. The Labute approximate surface area is 217 Å². The summed E-state index contributed by atoms with van der Waals surface area (Å²) in [6, 6.07) is 8.84. The number of amidine groups is 1. The molecule has 200 valence electrons. The monoisotopic (exact) mass is 497 g/mol. The van der Waals surface area contributed by atoms with E-state index >= 15 is 0 Å². The van der Waals surface area contributed by atoms with Crippen LogP contribution in [0.15, 0.2) is 29.3 Å². The zero-order valence-electron chi connectivity index (χ0n) is 22.2. The highest BCUT2D eigenvalue weighted by Crippen LogP contribution is 2.35. The van der Waals surface area contributed by atoms with Gasteiger partial charge in [0.05, 0.1) is 11.4 Å². The number of aliphatic imine (C=N–C) groups is 1. The number of piperidine rings is 1. The van der Waals surface area contributed by atoms with Crippen LogP contribution in [0.5, 0.6) is 0 Å². The van der Waals surface area contributed by atoms with Crippen molar-refractivity contribution in [2.75, 3.05) is 45.0 Å². The molecule has 3 N–H and O–H groups in total. The van der Waals surface area contributed by atoms with Gasteiger partial charge in [0, 0.05) is 38.6 Å². The number of benzene rings is 1. The van der Waals surface area contributed by atoms with Gasteiger partial charge in [-0.15, -0.1) is 0 Å². The summed E-state index contributed by atoms with van der Waals surface area (Å²) in [5, 5.41) is 9.11. The van der Waals surface area contributed by atoms with Crippen LogP contribution in [0, 0.1) is 17.8 Å². The molecule has 7 heteroatoms. The average Bonchev–Trinajstić information content (AvgIpc) is 3.45. The number of hydrogen-bond donors (Lipinski definition) is 2. The summed E-state index contributed by atoms with van der Waals surface area (Å²) in [6.45, 7) is 8.43. The minimum Gasteiger partial charge on any atom is -0.397 e. The van der Waals surface area contributed by atoms with Crippen molar-refractivity contribution in [3.8, 4) is 0 Å². The SMILES string of the molecule is CC(OO)N1CC2CN(/C(CC3CCN(C4CCCCCCC4)CC3)=N/c3ccccc3N)CC2C1. The van der Waals surface area contributed by atoms with Crippen LogP contribution in [0.1, 0.15) is 71.1 Å². The van der Waals surface area contributed by atoms with Crippen molar-refractivity contribution in [3.05, 3.63) is 24.3 Å². The van der Waals surface area contributed by atoms with Crippen molar-refractivity contribution >= 4 is 17.2 Å². The maximum absolute atomic E-state index is 9.11. The van der Waals surface area contributed by atoms with Gasteiger partial charge in [0.2, 0.25) is 0 Å². The predicted octanol–water partition coefficient (Wildman–Crippen LogP) is 5.21. The molecule has 1 aromatic rings. The minimum atomic E-state index is -0.232. The minimum absolute atomic E-state index is 0.232. The number of nitrogens with two attached hydrogens (primary N) is 1. The maximum Gasteiger partial charge on any atom is 0.143 e. The molecule has 4 fully saturated rings. The first kappa shape index (κ1) is 26.0. The third-order valence-electron chi connectivity index (χ3n) is 9.44. The number of hydrogen-bond acceptors (Lipinski definition) is 6. The van der Waals surface area contributed by atoms with Gasteiger partial charge in [0.15, 0.2) is 0 Å². The van der Waals surface area contributed by atoms with E-state index in [0.29, 0.717) is 17.8 Å². The van der Waals surface area contributed by atoms with E-state index in [4.69, 9.17) is 16.0 Å². The normalized spacial score (nSPS) is 28.7. The summed E-state index contributed by atoms with van der Waals surface area (Å²) < 4.78 is 0. The first-order valence-corrected chi connectivity index (χ1v) is 14.6. The molecule has 1 aliphatic carbocycles. The Morgan fingerprint density at radius 1 is 0.972 bits per heavy atom. The fourth-order valence-electron chi connectivity index (χ4n) is 7.16. The molecule has 4 aliphatic rings. The van der Waals surface area contributed by atoms with Crippen molar-refractivity contribution < 1.29 is 10.1 Å². The second-order valence-corrected chi connectivity index (χ2v) is 11.9. The Balaban J connectivity index is 1.23. The van der Waals surface area contributed by atoms with Crippen LogP contribution in [0.2, 0.25) is 0 Å². The Bertz CT molecular complexity index is 849. The zero-order valence-corrected chi connectivity index (χ0v) is 22.2. The highest BCUT2D eigenvalue weighted by Gasteiger charge is 2.42. The number of anilines is 1. The van der Waals surface area contributed by atoms with E-state index in [1.807, 2.05) is 31.2 Å². The number of nitrogens with zero attached hydrogens (tertiary/aromatic N) is 4. The fourth-order valence-corrected chi connectivity index (χ4v) is 7.16. The third-order valence-corrected chi connectivity index (χ3v) is 9.44. The molecule has 36 heavy (non-hydrogen) atoms.